The number of fused-ring (bicyclic) bond motifs is 1. The lowest BCUT2D eigenvalue weighted by atomic mass is 10.0. The van der Waals surface area contributed by atoms with Gasteiger partial charge in [0, 0.05) is 12.6 Å². The van der Waals surface area contributed by atoms with Crippen LogP contribution in [0.15, 0.2) is 43.0 Å². The Bertz CT molecular complexity index is 767. The van der Waals surface area contributed by atoms with E-state index in [2.05, 4.69) is 55.2 Å². The normalized spacial score (nSPS) is 17.9. The standard InChI is InChI=1S/C18H21N5/c1-2-6-14(7-3-1)8-4-9-15-10-5-11-23(15)18-16-17(20-12-19-16)21-13-22-18/h1-3,6-7,12-13,15H,4-5,8-11H2,(H,19,20,21,22). The van der Waals surface area contributed by atoms with Crippen molar-refractivity contribution < 1.29 is 0 Å². The molecule has 0 aliphatic carbocycles. The molecule has 0 bridgehead atoms. The Balaban J connectivity index is 1.45. The van der Waals surface area contributed by atoms with Crippen LogP contribution in [0.1, 0.15) is 31.2 Å². The minimum absolute atomic E-state index is 0.570. The Morgan fingerprint density at radius 1 is 1.13 bits per heavy atom. The first-order valence-electron chi connectivity index (χ1n) is 8.36. The van der Waals surface area contributed by atoms with Crippen LogP contribution in [0.25, 0.3) is 11.2 Å². The number of hydrogen-bond donors (Lipinski definition) is 1. The van der Waals surface area contributed by atoms with Crippen LogP contribution in [0, 0.1) is 0 Å². The molecule has 0 radical (unpaired) electrons. The zero-order chi connectivity index (χ0) is 15.5. The third-order valence-corrected chi connectivity index (χ3v) is 4.70. The van der Waals surface area contributed by atoms with Crippen LogP contribution in [0.5, 0.6) is 0 Å². The maximum atomic E-state index is 4.52. The first-order chi connectivity index (χ1) is 11.4. The summed E-state index contributed by atoms with van der Waals surface area (Å²) in [6.07, 6.45) is 9.36. The van der Waals surface area contributed by atoms with Crippen molar-refractivity contribution in [3.63, 3.8) is 0 Å². The van der Waals surface area contributed by atoms with Gasteiger partial charge in [0.2, 0.25) is 0 Å². The number of aromatic nitrogens is 4. The fraction of sp³-hybridized carbons (Fsp3) is 0.389. The summed E-state index contributed by atoms with van der Waals surface area (Å²) in [6, 6.07) is 11.3. The molecule has 23 heavy (non-hydrogen) atoms. The number of aryl methyl sites for hydroxylation is 1. The topological polar surface area (TPSA) is 57.7 Å². The number of nitrogens with zero attached hydrogens (tertiary/aromatic N) is 4. The van der Waals surface area contributed by atoms with Crippen molar-refractivity contribution in [2.45, 2.75) is 38.1 Å². The van der Waals surface area contributed by atoms with Crippen molar-refractivity contribution in [1.29, 1.82) is 0 Å². The summed E-state index contributed by atoms with van der Waals surface area (Å²) in [6.45, 7) is 1.07. The van der Waals surface area contributed by atoms with Gasteiger partial charge in [-0.05, 0) is 37.7 Å². The van der Waals surface area contributed by atoms with Crippen molar-refractivity contribution in [2.75, 3.05) is 11.4 Å². The summed E-state index contributed by atoms with van der Waals surface area (Å²) >= 11 is 0. The van der Waals surface area contributed by atoms with Gasteiger partial charge in [-0.2, -0.15) is 0 Å². The van der Waals surface area contributed by atoms with Gasteiger partial charge < -0.3 is 9.88 Å². The third-order valence-electron chi connectivity index (χ3n) is 4.70. The lowest BCUT2D eigenvalue weighted by molar-refractivity contribution is 0.578. The van der Waals surface area contributed by atoms with Gasteiger partial charge in [-0.3, -0.25) is 0 Å². The molecule has 118 valence electrons. The molecular weight excluding hydrogens is 286 g/mol. The Morgan fingerprint density at radius 2 is 2.04 bits per heavy atom. The average Bonchev–Trinajstić information content (AvgIpc) is 3.24. The molecule has 1 aliphatic rings. The molecule has 1 unspecified atom stereocenters. The predicted molar refractivity (Wildman–Crippen MR) is 91.4 cm³/mol. The second kappa shape index (κ2) is 6.36. The monoisotopic (exact) mass is 307 g/mol. The van der Waals surface area contributed by atoms with E-state index >= 15 is 0 Å². The Hall–Kier alpha value is -2.43. The van der Waals surface area contributed by atoms with Gasteiger partial charge in [-0.1, -0.05) is 30.3 Å². The second-order valence-electron chi connectivity index (χ2n) is 6.17. The first kappa shape index (κ1) is 14.2. The van der Waals surface area contributed by atoms with Gasteiger partial charge in [0.1, 0.15) is 11.8 Å². The molecule has 0 spiro atoms. The number of aromatic amines is 1. The van der Waals surface area contributed by atoms with Crippen LogP contribution in [0.3, 0.4) is 0 Å². The summed E-state index contributed by atoms with van der Waals surface area (Å²) in [7, 11) is 0. The van der Waals surface area contributed by atoms with Crippen LogP contribution in [-0.4, -0.2) is 32.5 Å². The fourth-order valence-corrected chi connectivity index (χ4v) is 3.57. The lowest BCUT2D eigenvalue weighted by Crippen LogP contribution is -2.30. The first-order valence-corrected chi connectivity index (χ1v) is 8.36. The van der Waals surface area contributed by atoms with Gasteiger partial charge in [0.15, 0.2) is 11.5 Å². The number of nitrogens with one attached hydrogen (secondary N) is 1. The largest absolute Gasteiger partial charge is 0.352 e. The average molecular weight is 307 g/mol. The SMILES string of the molecule is c1ccc(CCCC2CCCN2c2ncnc3nc[nH]c23)cc1. The maximum Gasteiger partial charge on any atom is 0.182 e. The molecule has 5 heteroatoms. The highest BCUT2D eigenvalue weighted by molar-refractivity contribution is 5.82. The summed E-state index contributed by atoms with van der Waals surface area (Å²) in [5, 5.41) is 0. The molecule has 1 atom stereocenters. The van der Waals surface area contributed by atoms with Crippen LogP contribution >= 0.6 is 0 Å². The number of H-pyrrole nitrogens is 1. The number of hydrogen-bond acceptors (Lipinski definition) is 4. The van der Waals surface area contributed by atoms with E-state index in [-0.39, 0.29) is 0 Å². The van der Waals surface area contributed by atoms with Crippen LogP contribution in [0.4, 0.5) is 5.82 Å². The third kappa shape index (κ3) is 2.91. The Morgan fingerprint density at radius 3 is 2.96 bits per heavy atom. The molecule has 1 N–H and O–H groups in total. The molecule has 1 aliphatic heterocycles. The fourth-order valence-electron chi connectivity index (χ4n) is 3.57. The molecule has 0 amide bonds. The van der Waals surface area contributed by atoms with Crippen LogP contribution in [-0.2, 0) is 6.42 Å². The number of anilines is 1. The van der Waals surface area contributed by atoms with Crippen molar-refractivity contribution in [3.05, 3.63) is 48.5 Å². The van der Waals surface area contributed by atoms with Crippen molar-refractivity contribution in [2.24, 2.45) is 0 Å². The van der Waals surface area contributed by atoms with E-state index in [4.69, 9.17) is 0 Å². The molecule has 3 heterocycles. The quantitative estimate of drug-likeness (QED) is 0.785. The molecule has 3 aromatic rings. The predicted octanol–water partition coefficient (Wildman–Crippen LogP) is 3.34. The second-order valence-corrected chi connectivity index (χ2v) is 6.17. The molecule has 2 aromatic heterocycles. The molecule has 1 aromatic carbocycles. The number of imidazole rings is 1. The van der Waals surface area contributed by atoms with E-state index in [1.165, 1.54) is 31.2 Å². The van der Waals surface area contributed by atoms with Gasteiger partial charge in [0.25, 0.3) is 0 Å². The highest BCUT2D eigenvalue weighted by Gasteiger charge is 2.27. The van der Waals surface area contributed by atoms with E-state index in [9.17, 15) is 0 Å². The summed E-state index contributed by atoms with van der Waals surface area (Å²) in [4.78, 5) is 18.6. The molecular formula is C18H21N5. The van der Waals surface area contributed by atoms with E-state index in [1.807, 2.05) is 0 Å². The van der Waals surface area contributed by atoms with E-state index in [0.717, 1.165) is 29.9 Å². The van der Waals surface area contributed by atoms with E-state index < -0.39 is 0 Å². The smallest absolute Gasteiger partial charge is 0.182 e. The minimum atomic E-state index is 0.570. The maximum absolute atomic E-state index is 4.52. The molecule has 4 rings (SSSR count). The van der Waals surface area contributed by atoms with Crippen molar-refractivity contribution in [1.82, 2.24) is 19.9 Å². The zero-order valence-electron chi connectivity index (χ0n) is 13.2. The van der Waals surface area contributed by atoms with Gasteiger partial charge in [0.05, 0.1) is 6.33 Å². The molecule has 1 saturated heterocycles. The van der Waals surface area contributed by atoms with Gasteiger partial charge in [-0.25, -0.2) is 15.0 Å². The molecule has 1 fully saturated rings. The van der Waals surface area contributed by atoms with E-state index in [0.29, 0.717) is 6.04 Å². The highest BCUT2D eigenvalue weighted by atomic mass is 15.2. The van der Waals surface area contributed by atoms with Crippen LogP contribution in [0.2, 0.25) is 0 Å². The van der Waals surface area contributed by atoms with Gasteiger partial charge >= 0.3 is 0 Å². The molecule has 5 nitrogen and oxygen atoms in total. The number of rotatable bonds is 5. The summed E-state index contributed by atoms with van der Waals surface area (Å²) < 4.78 is 0. The molecule has 0 saturated carbocycles. The number of benzene rings is 1. The summed E-state index contributed by atoms with van der Waals surface area (Å²) in [5.74, 6) is 1.01. The summed E-state index contributed by atoms with van der Waals surface area (Å²) in [5.41, 5.74) is 3.14. The zero-order valence-corrected chi connectivity index (χ0v) is 13.2. The minimum Gasteiger partial charge on any atom is -0.352 e. The Labute approximate surface area is 135 Å². The lowest BCUT2D eigenvalue weighted by Gasteiger charge is -2.25. The highest BCUT2D eigenvalue weighted by Crippen LogP contribution is 2.30. The van der Waals surface area contributed by atoms with Crippen LogP contribution < -0.4 is 4.90 Å². The Kier molecular flexibility index (Phi) is 3.92. The van der Waals surface area contributed by atoms with Crippen molar-refractivity contribution in [3.8, 4) is 0 Å². The van der Waals surface area contributed by atoms with E-state index in [1.54, 1.807) is 12.7 Å². The van der Waals surface area contributed by atoms with Gasteiger partial charge in [-0.15, -0.1) is 0 Å². The van der Waals surface area contributed by atoms with Crippen molar-refractivity contribution >= 4 is 17.0 Å².